The molecular formula is C10H10F3NO2. The molecule has 0 radical (unpaired) electrons. The van der Waals surface area contributed by atoms with Gasteiger partial charge in [-0.25, -0.2) is 0 Å². The number of hydrogen-bond acceptors (Lipinski definition) is 3. The molecule has 0 bridgehead atoms. The summed E-state index contributed by atoms with van der Waals surface area (Å²) in [7, 11) is 0. The normalized spacial score (nSPS) is 11.2. The van der Waals surface area contributed by atoms with Crippen LogP contribution in [0.3, 0.4) is 0 Å². The van der Waals surface area contributed by atoms with Crippen molar-refractivity contribution < 1.29 is 22.7 Å². The summed E-state index contributed by atoms with van der Waals surface area (Å²) < 4.78 is 39.6. The first-order chi connectivity index (χ1) is 7.47. The molecule has 0 saturated heterocycles. The van der Waals surface area contributed by atoms with Crippen LogP contribution in [0.15, 0.2) is 24.4 Å². The molecule has 0 aliphatic rings. The third-order valence-corrected chi connectivity index (χ3v) is 1.70. The summed E-state index contributed by atoms with van der Waals surface area (Å²) in [5.41, 5.74) is 0.472. The van der Waals surface area contributed by atoms with Crippen molar-refractivity contribution in [3.8, 4) is 0 Å². The minimum Gasteiger partial charge on any atom is -0.465 e. The Kier molecular flexibility index (Phi) is 4.28. The van der Waals surface area contributed by atoms with Gasteiger partial charge in [0.15, 0.2) is 0 Å². The number of ether oxygens (including phenoxy) is 1. The summed E-state index contributed by atoms with van der Waals surface area (Å²) >= 11 is 0. The summed E-state index contributed by atoms with van der Waals surface area (Å²) in [5, 5.41) is 0. The van der Waals surface area contributed by atoms with Crippen LogP contribution in [0.1, 0.15) is 12.1 Å². The molecule has 0 amide bonds. The maximum Gasteiger partial charge on any atom is 0.392 e. The number of pyridine rings is 1. The molecule has 88 valence electrons. The predicted molar refractivity (Wildman–Crippen MR) is 49.6 cm³/mol. The highest BCUT2D eigenvalue weighted by molar-refractivity contribution is 5.71. The number of alkyl halides is 3. The minimum atomic E-state index is -4.30. The Hall–Kier alpha value is -1.59. The lowest BCUT2D eigenvalue weighted by atomic mass is 10.3. The predicted octanol–water partition coefficient (Wildman–Crippen LogP) is 2.12. The summed E-state index contributed by atoms with van der Waals surface area (Å²) in [5.74, 6) is -0.706. The van der Waals surface area contributed by atoms with Gasteiger partial charge >= 0.3 is 12.1 Å². The second-order valence-corrected chi connectivity index (χ2v) is 3.08. The van der Waals surface area contributed by atoms with Gasteiger partial charge in [0.1, 0.15) is 0 Å². The van der Waals surface area contributed by atoms with Crippen LogP contribution in [0.5, 0.6) is 0 Å². The maximum atomic E-state index is 11.7. The van der Waals surface area contributed by atoms with Crippen molar-refractivity contribution in [3.05, 3.63) is 30.1 Å². The molecule has 0 spiro atoms. The molecule has 1 aromatic rings. The van der Waals surface area contributed by atoms with Crippen LogP contribution >= 0.6 is 0 Å². The highest BCUT2D eigenvalue weighted by Gasteiger charge is 2.27. The van der Waals surface area contributed by atoms with E-state index in [2.05, 4.69) is 9.72 Å². The fourth-order valence-electron chi connectivity index (χ4n) is 0.982. The van der Waals surface area contributed by atoms with Crippen LogP contribution in [0.2, 0.25) is 0 Å². The van der Waals surface area contributed by atoms with E-state index >= 15 is 0 Å². The minimum absolute atomic E-state index is 0.112. The number of nitrogens with zero attached hydrogens (tertiary/aromatic N) is 1. The molecule has 0 aliphatic heterocycles. The van der Waals surface area contributed by atoms with E-state index in [4.69, 9.17) is 0 Å². The molecule has 1 aromatic heterocycles. The van der Waals surface area contributed by atoms with Crippen LogP contribution < -0.4 is 0 Å². The Morgan fingerprint density at radius 2 is 2.12 bits per heavy atom. The van der Waals surface area contributed by atoms with E-state index in [0.29, 0.717) is 5.69 Å². The van der Waals surface area contributed by atoms with Crippen molar-refractivity contribution in [1.29, 1.82) is 0 Å². The Morgan fingerprint density at radius 1 is 1.38 bits per heavy atom. The largest absolute Gasteiger partial charge is 0.465 e. The second kappa shape index (κ2) is 5.48. The molecule has 0 N–H and O–H groups in total. The lowest BCUT2D eigenvalue weighted by molar-refractivity contribution is -0.158. The van der Waals surface area contributed by atoms with Gasteiger partial charge in [-0.1, -0.05) is 6.07 Å². The molecular weight excluding hydrogens is 223 g/mol. The first-order valence-electron chi connectivity index (χ1n) is 4.60. The van der Waals surface area contributed by atoms with E-state index in [-0.39, 0.29) is 6.42 Å². The Balaban J connectivity index is 2.27. The smallest absolute Gasteiger partial charge is 0.392 e. The topological polar surface area (TPSA) is 39.2 Å². The standard InChI is InChI=1S/C10H10F3NO2/c11-10(12,13)4-6-16-9(15)7-8-3-1-2-5-14-8/h1-3,5H,4,6-7H2. The number of carbonyl (C=O) groups is 1. The number of carbonyl (C=O) groups excluding carboxylic acids is 1. The summed E-state index contributed by atoms with van der Waals surface area (Å²) in [6.45, 7) is -0.644. The molecule has 0 aliphatic carbocycles. The number of aromatic nitrogens is 1. The van der Waals surface area contributed by atoms with Crippen LogP contribution in [0.4, 0.5) is 13.2 Å². The molecule has 1 rings (SSSR count). The van der Waals surface area contributed by atoms with Gasteiger partial charge < -0.3 is 4.74 Å². The summed E-state index contributed by atoms with van der Waals surface area (Å²) in [6, 6.07) is 4.97. The molecule has 0 atom stereocenters. The highest BCUT2D eigenvalue weighted by Crippen LogP contribution is 2.19. The average molecular weight is 233 g/mol. The van der Waals surface area contributed by atoms with E-state index in [1.165, 1.54) is 6.20 Å². The Bertz CT molecular complexity index is 338. The van der Waals surface area contributed by atoms with Crippen LogP contribution in [0, 0.1) is 0 Å². The first kappa shape index (κ1) is 12.5. The van der Waals surface area contributed by atoms with Gasteiger partial charge in [0, 0.05) is 6.20 Å². The zero-order chi connectivity index (χ0) is 12.0. The zero-order valence-electron chi connectivity index (χ0n) is 8.33. The van der Waals surface area contributed by atoms with E-state index in [0.717, 1.165) is 0 Å². The summed E-state index contributed by atoms with van der Waals surface area (Å²) in [4.78, 5) is 14.9. The van der Waals surface area contributed by atoms with Crippen LogP contribution in [-0.4, -0.2) is 23.7 Å². The van der Waals surface area contributed by atoms with Crippen LogP contribution in [-0.2, 0) is 16.0 Å². The number of halogens is 3. The van der Waals surface area contributed by atoms with Crippen LogP contribution in [0.25, 0.3) is 0 Å². The first-order valence-corrected chi connectivity index (χ1v) is 4.60. The molecule has 0 aromatic carbocycles. The molecule has 0 fully saturated rings. The summed E-state index contributed by atoms with van der Waals surface area (Å²) in [6.07, 6.45) is -4.04. The van der Waals surface area contributed by atoms with Gasteiger partial charge in [0.05, 0.1) is 25.1 Å². The van der Waals surface area contributed by atoms with Gasteiger partial charge in [-0.05, 0) is 12.1 Å². The van der Waals surface area contributed by atoms with Crippen molar-refractivity contribution in [1.82, 2.24) is 4.98 Å². The fraction of sp³-hybridized carbons (Fsp3) is 0.400. The van der Waals surface area contributed by atoms with E-state index in [1.54, 1.807) is 18.2 Å². The van der Waals surface area contributed by atoms with Gasteiger partial charge in [0.2, 0.25) is 0 Å². The van der Waals surface area contributed by atoms with E-state index < -0.39 is 25.2 Å². The third-order valence-electron chi connectivity index (χ3n) is 1.70. The number of esters is 1. The van der Waals surface area contributed by atoms with Crippen molar-refractivity contribution in [2.75, 3.05) is 6.61 Å². The van der Waals surface area contributed by atoms with Gasteiger partial charge in [-0.2, -0.15) is 13.2 Å². The van der Waals surface area contributed by atoms with E-state index in [9.17, 15) is 18.0 Å². The van der Waals surface area contributed by atoms with Crippen molar-refractivity contribution in [2.24, 2.45) is 0 Å². The molecule has 0 unspecified atom stereocenters. The van der Waals surface area contributed by atoms with Crippen molar-refractivity contribution >= 4 is 5.97 Å². The highest BCUT2D eigenvalue weighted by atomic mass is 19.4. The van der Waals surface area contributed by atoms with Crippen molar-refractivity contribution in [3.63, 3.8) is 0 Å². The molecule has 3 nitrogen and oxygen atoms in total. The van der Waals surface area contributed by atoms with Crippen molar-refractivity contribution in [2.45, 2.75) is 19.0 Å². The van der Waals surface area contributed by atoms with Gasteiger partial charge in [0.25, 0.3) is 0 Å². The molecule has 1 heterocycles. The monoisotopic (exact) mass is 233 g/mol. The SMILES string of the molecule is O=C(Cc1ccccn1)OCCC(F)(F)F. The Labute approximate surface area is 90.2 Å². The van der Waals surface area contributed by atoms with Gasteiger partial charge in [-0.15, -0.1) is 0 Å². The lowest BCUT2D eigenvalue weighted by Gasteiger charge is -2.07. The quantitative estimate of drug-likeness (QED) is 0.748. The third kappa shape index (κ3) is 5.33. The number of rotatable bonds is 4. The zero-order valence-corrected chi connectivity index (χ0v) is 8.33. The maximum absolute atomic E-state index is 11.7. The Morgan fingerprint density at radius 3 is 2.69 bits per heavy atom. The molecule has 0 saturated carbocycles. The molecule has 6 heteroatoms. The van der Waals surface area contributed by atoms with Gasteiger partial charge in [-0.3, -0.25) is 9.78 Å². The molecule has 16 heavy (non-hydrogen) atoms. The number of hydrogen-bond donors (Lipinski definition) is 0. The average Bonchev–Trinajstić information content (AvgIpc) is 2.17. The van der Waals surface area contributed by atoms with E-state index in [1.807, 2.05) is 0 Å². The lowest BCUT2D eigenvalue weighted by Crippen LogP contribution is -2.16. The fourth-order valence-corrected chi connectivity index (χ4v) is 0.982. The second-order valence-electron chi connectivity index (χ2n) is 3.08.